The first kappa shape index (κ1) is 15.4. The number of rotatable bonds is 3. The molecule has 2 N–H and O–H groups in total. The Hall–Kier alpha value is -2.02. The summed E-state index contributed by atoms with van der Waals surface area (Å²) < 4.78 is 80.3. The first-order valence-electron chi connectivity index (χ1n) is 5.88. The van der Waals surface area contributed by atoms with Gasteiger partial charge in [-0.25, -0.2) is 26.3 Å². The minimum Gasteiger partial charge on any atom is -0.330 e. The highest BCUT2D eigenvalue weighted by Gasteiger charge is 2.27. The molecule has 0 bridgehead atoms. The number of hydrogen-bond donors (Lipinski definition) is 1. The summed E-state index contributed by atoms with van der Waals surface area (Å²) in [5.74, 6) is -11.3. The largest absolute Gasteiger partial charge is 0.330 e. The van der Waals surface area contributed by atoms with Crippen LogP contribution in [0.2, 0.25) is 0 Å². The molecule has 0 unspecified atom stereocenters. The van der Waals surface area contributed by atoms with Gasteiger partial charge in [0.15, 0.2) is 23.3 Å². The summed E-state index contributed by atoms with van der Waals surface area (Å²) in [7, 11) is 0. The highest BCUT2D eigenvalue weighted by molar-refractivity contribution is 5.69. The second-order valence-electron chi connectivity index (χ2n) is 4.29. The summed E-state index contributed by atoms with van der Waals surface area (Å²) in [5.41, 5.74) is 3.93. The van der Waals surface area contributed by atoms with Crippen LogP contribution in [0.4, 0.5) is 26.3 Å². The zero-order valence-electron chi connectivity index (χ0n) is 10.5. The lowest BCUT2D eigenvalue weighted by molar-refractivity contribution is 0.381. The summed E-state index contributed by atoms with van der Waals surface area (Å²) in [4.78, 5) is 0. The molecule has 0 saturated heterocycles. The van der Waals surface area contributed by atoms with Crippen molar-refractivity contribution in [1.82, 2.24) is 0 Å². The average molecular weight is 305 g/mol. The van der Waals surface area contributed by atoms with Crippen molar-refractivity contribution < 1.29 is 26.3 Å². The molecule has 2 rings (SSSR count). The van der Waals surface area contributed by atoms with Gasteiger partial charge in [-0.3, -0.25) is 0 Å². The van der Waals surface area contributed by atoms with Gasteiger partial charge in [-0.05, 0) is 36.2 Å². The third kappa shape index (κ3) is 2.61. The van der Waals surface area contributed by atoms with E-state index in [2.05, 4.69) is 0 Å². The summed E-state index contributed by atoms with van der Waals surface area (Å²) in [5, 5.41) is 0. The van der Waals surface area contributed by atoms with Crippen LogP contribution in [0.15, 0.2) is 18.2 Å². The summed E-state index contributed by atoms with van der Waals surface area (Å²) in [6.07, 6.45) is 0.0924. The molecule has 0 aromatic heterocycles. The van der Waals surface area contributed by atoms with E-state index in [0.29, 0.717) is 6.07 Å². The third-order valence-corrected chi connectivity index (χ3v) is 2.96. The molecule has 0 aliphatic carbocycles. The molecular formula is C14H9F6N. The molecular weight excluding hydrogens is 296 g/mol. The first-order valence-corrected chi connectivity index (χ1v) is 5.88. The number of benzene rings is 2. The Kier molecular flexibility index (Phi) is 4.22. The topological polar surface area (TPSA) is 26.0 Å². The van der Waals surface area contributed by atoms with E-state index in [1.54, 1.807) is 0 Å². The highest BCUT2D eigenvalue weighted by Crippen LogP contribution is 2.34. The van der Waals surface area contributed by atoms with Gasteiger partial charge >= 0.3 is 0 Å². The molecule has 0 spiro atoms. The van der Waals surface area contributed by atoms with Crippen molar-refractivity contribution in [3.8, 4) is 11.1 Å². The van der Waals surface area contributed by atoms with Crippen molar-refractivity contribution in [3.05, 3.63) is 58.7 Å². The molecule has 0 aliphatic rings. The van der Waals surface area contributed by atoms with Crippen LogP contribution in [0.1, 0.15) is 5.56 Å². The zero-order chi connectivity index (χ0) is 15.7. The first-order chi connectivity index (χ1) is 9.88. The Balaban J connectivity index is 2.81. The molecule has 7 heteroatoms. The van der Waals surface area contributed by atoms with Gasteiger partial charge in [-0.15, -0.1) is 0 Å². The molecule has 0 saturated carbocycles. The SMILES string of the molecule is NCCc1ccc(F)cc1-c1c(F)c(F)c(F)c(F)c1F. The van der Waals surface area contributed by atoms with E-state index in [-0.39, 0.29) is 18.5 Å². The van der Waals surface area contributed by atoms with Crippen molar-refractivity contribution >= 4 is 0 Å². The second-order valence-corrected chi connectivity index (χ2v) is 4.29. The van der Waals surface area contributed by atoms with Gasteiger partial charge in [0.05, 0.1) is 5.56 Å². The van der Waals surface area contributed by atoms with Gasteiger partial charge < -0.3 is 5.73 Å². The normalized spacial score (nSPS) is 11.0. The van der Waals surface area contributed by atoms with Gasteiger partial charge in [0, 0.05) is 0 Å². The molecule has 0 atom stereocenters. The number of halogens is 6. The van der Waals surface area contributed by atoms with Crippen molar-refractivity contribution in [3.63, 3.8) is 0 Å². The van der Waals surface area contributed by atoms with Gasteiger partial charge in [-0.1, -0.05) is 6.07 Å². The Morgan fingerprint density at radius 2 is 1.29 bits per heavy atom. The maximum absolute atomic E-state index is 13.8. The lowest BCUT2D eigenvalue weighted by Crippen LogP contribution is -2.08. The maximum atomic E-state index is 13.8. The summed E-state index contributed by atoms with van der Waals surface area (Å²) >= 11 is 0. The van der Waals surface area contributed by atoms with E-state index in [1.807, 2.05) is 0 Å². The van der Waals surface area contributed by atoms with E-state index in [0.717, 1.165) is 6.07 Å². The highest BCUT2D eigenvalue weighted by atomic mass is 19.2. The summed E-state index contributed by atoms with van der Waals surface area (Å²) in [6, 6.07) is 2.92. The van der Waals surface area contributed by atoms with E-state index >= 15 is 0 Å². The fourth-order valence-electron chi connectivity index (χ4n) is 2.00. The number of hydrogen-bond acceptors (Lipinski definition) is 1. The molecule has 0 amide bonds. The molecule has 0 radical (unpaired) electrons. The van der Waals surface area contributed by atoms with Crippen molar-refractivity contribution in [2.75, 3.05) is 6.54 Å². The quantitative estimate of drug-likeness (QED) is 0.522. The van der Waals surface area contributed by atoms with Crippen LogP contribution >= 0.6 is 0 Å². The Morgan fingerprint density at radius 1 is 0.762 bits per heavy atom. The third-order valence-electron chi connectivity index (χ3n) is 2.96. The van der Waals surface area contributed by atoms with E-state index in [9.17, 15) is 26.3 Å². The second kappa shape index (κ2) is 5.77. The predicted molar refractivity (Wildman–Crippen MR) is 64.4 cm³/mol. The fourth-order valence-corrected chi connectivity index (χ4v) is 2.00. The number of nitrogens with two attached hydrogens (primary N) is 1. The van der Waals surface area contributed by atoms with Crippen LogP contribution in [-0.4, -0.2) is 6.54 Å². The molecule has 112 valence electrons. The standard InChI is InChI=1S/C14H9F6N/c15-7-2-1-6(3-4-21)8(5-7)9-10(16)12(18)14(20)13(19)11(9)17/h1-2,5H,3-4,21H2. The minimum atomic E-state index is -2.26. The molecule has 0 heterocycles. The van der Waals surface area contributed by atoms with Crippen molar-refractivity contribution in [2.45, 2.75) is 6.42 Å². The van der Waals surface area contributed by atoms with Crippen LogP contribution in [0.5, 0.6) is 0 Å². The molecule has 1 nitrogen and oxygen atoms in total. The smallest absolute Gasteiger partial charge is 0.200 e. The maximum Gasteiger partial charge on any atom is 0.200 e. The van der Waals surface area contributed by atoms with Crippen molar-refractivity contribution in [2.24, 2.45) is 5.73 Å². The Labute approximate surface area is 116 Å². The Morgan fingerprint density at radius 3 is 1.81 bits per heavy atom. The van der Waals surface area contributed by atoms with Crippen LogP contribution < -0.4 is 5.73 Å². The van der Waals surface area contributed by atoms with Crippen molar-refractivity contribution in [1.29, 1.82) is 0 Å². The van der Waals surface area contributed by atoms with Crippen LogP contribution in [-0.2, 0) is 6.42 Å². The molecule has 2 aromatic carbocycles. The lowest BCUT2D eigenvalue weighted by atomic mass is 9.96. The van der Waals surface area contributed by atoms with E-state index in [1.165, 1.54) is 6.07 Å². The van der Waals surface area contributed by atoms with Gasteiger partial charge in [-0.2, -0.15) is 0 Å². The molecule has 0 fully saturated rings. The van der Waals surface area contributed by atoms with E-state index < -0.39 is 46.0 Å². The van der Waals surface area contributed by atoms with Gasteiger partial charge in [0.25, 0.3) is 0 Å². The fraction of sp³-hybridized carbons (Fsp3) is 0.143. The average Bonchev–Trinajstić information content (AvgIpc) is 2.46. The van der Waals surface area contributed by atoms with E-state index in [4.69, 9.17) is 5.73 Å². The molecule has 2 aromatic rings. The van der Waals surface area contributed by atoms with Crippen LogP contribution in [0.25, 0.3) is 11.1 Å². The lowest BCUT2D eigenvalue weighted by Gasteiger charge is -2.12. The van der Waals surface area contributed by atoms with Crippen LogP contribution in [0, 0.1) is 34.9 Å². The predicted octanol–water partition coefficient (Wildman–Crippen LogP) is 3.69. The molecule has 0 aliphatic heterocycles. The van der Waals surface area contributed by atoms with Gasteiger partial charge in [0.1, 0.15) is 5.82 Å². The zero-order valence-corrected chi connectivity index (χ0v) is 10.5. The van der Waals surface area contributed by atoms with Crippen LogP contribution in [0.3, 0.4) is 0 Å². The Bertz CT molecular complexity index is 669. The summed E-state index contributed by atoms with van der Waals surface area (Å²) in [6.45, 7) is 0.0635. The minimum absolute atomic E-state index is 0.0635. The molecule has 21 heavy (non-hydrogen) atoms. The van der Waals surface area contributed by atoms with Gasteiger partial charge in [0.2, 0.25) is 5.82 Å². The monoisotopic (exact) mass is 305 g/mol.